The zero-order valence-electron chi connectivity index (χ0n) is 20.8. The van der Waals surface area contributed by atoms with E-state index in [0.717, 1.165) is 28.8 Å². The number of furan rings is 1. The van der Waals surface area contributed by atoms with E-state index in [-0.39, 0.29) is 17.3 Å². The van der Waals surface area contributed by atoms with Crippen LogP contribution in [0.25, 0.3) is 10.2 Å². The van der Waals surface area contributed by atoms with Crippen LogP contribution in [0.4, 0.5) is 5.13 Å². The Balaban J connectivity index is 1.43. The third-order valence-electron chi connectivity index (χ3n) is 6.51. The van der Waals surface area contributed by atoms with Gasteiger partial charge < -0.3 is 9.15 Å². The second-order valence-electron chi connectivity index (χ2n) is 9.14. The third kappa shape index (κ3) is 5.41. The summed E-state index contributed by atoms with van der Waals surface area (Å²) in [4.78, 5) is 20.1. The van der Waals surface area contributed by atoms with E-state index in [1.165, 1.54) is 27.8 Å². The summed E-state index contributed by atoms with van der Waals surface area (Å²) in [5, 5.41) is 0.518. The number of nitrogens with zero attached hydrogens (tertiary/aromatic N) is 3. The molecule has 10 heteroatoms. The summed E-state index contributed by atoms with van der Waals surface area (Å²) in [5.41, 5.74) is 1.13. The number of hydrogen-bond donors (Lipinski definition) is 0. The van der Waals surface area contributed by atoms with Gasteiger partial charge in [-0.05, 0) is 80.3 Å². The number of thiazole rings is 1. The summed E-state index contributed by atoms with van der Waals surface area (Å²) >= 11 is 1.39. The molecule has 4 aromatic rings. The topological polar surface area (TPSA) is 93.0 Å². The van der Waals surface area contributed by atoms with Gasteiger partial charge in [0.05, 0.1) is 34.5 Å². The second kappa shape index (κ2) is 10.6. The Kier molecular flexibility index (Phi) is 7.32. The summed E-state index contributed by atoms with van der Waals surface area (Å²) < 4.78 is 39.8. The lowest BCUT2D eigenvalue weighted by Crippen LogP contribution is -2.37. The maximum atomic E-state index is 13.7. The molecule has 8 nitrogen and oxygen atoms in total. The number of rotatable bonds is 8. The summed E-state index contributed by atoms with van der Waals surface area (Å²) in [5.74, 6) is 1.59. The van der Waals surface area contributed by atoms with Gasteiger partial charge in [-0.15, -0.1) is 0 Å². The molecule has 2 aromatic heterocycles. The Labute approximate surface area is 220 Å². The molecule has 0 spiro atoms. The summed E-state index contributed by atoms with van der Waals surface area (Å²) in [6, 6.07) is 15.4. The minimum atomic E-state index is -3.60. The van der Waals surface area contributed by atoms with Crippen LogP contribution in [-0.4, -0.2) is 43.3 Å². The number of hydrogen-bond acceptors (Lipinski definition) is 7. The lowest BCUT2D eigenvalue weighted by molar-refractivity contribution is 0.0983. The van der Waals surface area contributed by atoms with Crippen molar-refractivity contribution in [2.24, 2.45) is 5.92 Å². The number of fused-ring (bicyclic) bond motifs is 1. The van der Waals surface area contributed by atoms with Gasteiger partial charge in [-0.25, -0.2) is 13.4 Å². The summed E-state index contributed by atoms with van der Waals surface area (Å²) in [6.45, 7) is 5.85. The van der Waals surface area contributed by atoms with Crippen LogP contribution in [0.1, 0.15) is 42.8 Å². The molecule has 0 unspecified atom stereocenters. The first-order chi connectivity index (χ1) is 17.8. The summed E-state index contributed by atoms with van der Waals surface area (Å²) in [7, 11) is -3.60. The first-order valence-electron chi connectivity index (χ1n) is 12.3. The number of benzene rings is 2. The van der Waals surface area contributed by atoms with Gasteiger partial charge in [0.1, 0.15) is 11.5 Å². The lowest BCUT2D eigenvalue weighted by Gasteiger charge is -2.29. The first kappa shape index (κ1) is 25.4. The number of sulfonamides is 1. The highest BCUT2D eigenvalue weighted by molar-refractivity contribution is 7.89. The highest BCUT2D eigenvalue weighted by atomic mass is 32.2. The monoisotopic (exact) mass is 539 g/mol. The Bertz CT molecular complexity index is 1470. The Morgan fingerprint density at radius 3 is 2.59 bits per heavy atom. The van der Waals surface area contributed by atoms with Crippen molar-refractivity contribution in [3.8, 4) is 5.75 Å². The lowest BCUT2D eigenvalue weighted by atomic mass is 10.0. The normalized spacial score (nSPS) is 15.2. The molecule has 194 valence electrons. The van der Waals surface area contributed by atoms with Crippen LogP contribution < -0.4 is 9.64 Å². The number of ether oxygens (including phenoxy) is 1. The molecule has 37 heavy (non-hydrogen) atoms. The molecule has 0 N–H and O–H groups in total. The number of amides is 1. The van der Waals surface area contributed by atoms with Crippen molar-refractivity contribution < 1.29 is 22.4 Å². The Morgan fingerprint density at radius 1 is 1.16 bits per heavy atom. The van der Waals surface area contributed by atoms with Crippen LogP contribution in [0.2, 0.25) is 0 Å². The molecular formula is C27H29N3O5S2. The van der Waals surface area contributed by atoms with Crippen molar-refractivity contribution in [3.63, 3.8) is 0 Å². The van der Waals surface area contributed by atoms with Crippen LogP contribution >= 0.6 is 11.3 Å². The Morgan fingerprint density at radius 2 is 1.92 bits per heavy atom. The van der Waals surface area contributed by atoms with Crippen molar-refractivity contribution in [3.05, 3.63) is 72.2 Å². The molecule has 2 aromatic carbocycles. The number of carbonyl (C=O) groups is 1. The SMILES string of the molecule is CCOc1ccc2nc(N(Cc3ccco3)C(=O)c3ccc(S(=O)(=O)N4CCC(C)CC4)cc3)sc2c1. The molecular weight excluding hydrogens is 510 g/mol. The first-order valence-corrected chi connectivity index (χ1v) is 14.6. The molecule has 1 amide bonds. The van der Waals surface area contributed by atoms with Gasteiger partial charge in [0.15, 0.2) is 5.13 Å². The average Bonchev–Trinajstić information content (AvgIpc) is 3.57. The van der Waals surface area contributed by atoms with Gasteiger partial charge in [-0.3, -0.25) is 9.69 Å². The summed E-state index contributed by atoms with van der Waals surface area (Å²) in [6.07, 6.45) is 3.27. The third-order valence-corrected chi connectivity index (χ3v) is 9.47. The van der Waals surface area contributed by atoms with Crippen LogP contribution in [0.5, 0.6) is 5.75 Å². The highest BCUT2D eigenvalue weighted by Crippen LogP contribution is 2.33. The van der Waals surface area contributed by atoms with Crippen LogP contribution in [0, 0.1) is 5.92 Å². The molecule has 5 rings (SSSR count). The van der Waals surface area contributed by atoms with E-state index in [2.05, 4.69) is 11.9 Å². The van der Waals surface area contributed by atoms with Crippen molar-refractivity contribution in [1.82, 2.24) is 9.29 Å². The molecule has 0 bridgehead atoms. The maximum Gasteiger partial charge on any atom is 0.260 e. The van der Waals surface area contributed by atoms with E-state index in [0.29, 0.717) is 42.1 Å². The molecule has 0 aliphatic carbocycles. The molecule has 1 aliphatic heterocycles. The zero-order chi connectivity index (χ0) is 26.0. The average molecular weight is 540 g/mol. The van der Waals surface area contributed by atoms with Crippen molar-refractivity contribution in [2.75, 3.05) is 24.6 Å². The van der Waals surface area contributed by atoms with E-state index in [1.54, 1.807) is 35.4 Å². The fraction of sp³-hybridized carbons (Fsp3) is 0.333. The molecule has 1 aliphatic rings. The molecule has 0 radical (unpaired) electrons. The van der Waals surface area contributed by atoms with Crippen molar-refractivity contribution >= 4 is 42.6 Å². The van der Waals surface area contributed by atoms with Gasteiger partial charge in [0.2, 0.25) is 10.0 Å². The number of piperidine rings is 1. The molecule has 1 fully saturated rings. The zero-order valence-corrected chi connectivity index (χ0v) is 22.4. The minimum absolute atomic E-state index is 0.190. The standard InChI is InChI=1S/C27H29N3O5S2/c1-3-34-21-8-11-24-25(17-21)36-27(28-24)30(18-22-5-4-16-35-22)26(31)20-6-9-23(10-7-20)37(32,33)29-14-12-19(2)13-15-29/h4-11,16-17,19H,3,12-15,18H2,1-2H3. The quantitative estimate of drug-likeness (QED) is 0.291. The van der Waals surface area contributed by atoms with E-state index in [4.69, 9.17) is 9.15 Å². The van der Waals surface area contributed by atoms with Gasteiger partial charge >= 0.3 is 0 Å². The van der Waals surface area contributed by atoms with Gasteiger partial charge in [0, 0.05) is 18.7 Å². The van der Waals surface area contributed by atoms with E-state index in [1.807, 2.05) is 25.1 Å². The molecule has 0 atom stereocenters. The van der Waals surface area contributed by atoms with Crippen LogP contribution in [-0.2, 0) is 16.6 Å². The van der Waals surface area contributed by atoms with E-state index < -0.39 is 10.0 Å². The van der Waals surface area contributed by atoms with Crippen molar-refractivity contribution in [2.45, 2.75) is 38.1 Å². The van der Waals surface area contributed by atoms with Gasteiger partial charge in [-0.2, -0.15) is 4.31 Å². The molecule has 1 saturated heterocycles. The fourth-order valence-electron chi connectivity index (χ4n) is 4.35. The second-order valence-corrected chi connectivity index (χ2v) is 12.1. The largest absolute Gasteiger partial charge is 0.494 e. The predicted octanol–water partition coefficient (Wildman–Crippen LogP) is 5.56. The van der Waals surface area contributed by atoms with Gasteiger partial charge in [0.25, 0.3) is 5.91 Å². The Hall–Kier alpha value is -3.21. The molecule has 3 heterocycles. The predicted molar refractivity (Wildman–Crippen MR) is 144 cm³/mol. The number of carbonyl (C=O) groups excluding carboxylic acids is 1. The van der Waals surface area contributed by atoms with E-state index >= 15 is 0 Å². The minimum Gasteiger partial charge on any atom is -0.494 e. The maximum absolute atomic E-state index is 13.7. The van der Waals surface area contributed by atoms with Crippen LogP contribution in [0.15, 0.2) is 70.2 Å². The van der Waals surface area contributed by atoms with Crippen molar-refractivity contribution in [1.29, 1.82) is 0 Å². The van der Waals surface area contributed by atoms with E-state index in [9.17, 15) is 13.2 Å². The fourth-order valence-corrected chi connectivity index (χ4v) is 6.81. The highest BCUT2D eigenvalue weighted by Gasteiger charge is 2.29. The molecule has 0 saturated carbocycles. The number of anilines is 1. The van der Waals surface area contributed by atoms with Gasteiger partial charge in [-0.1, -0.05) is 18.3 Å². The smallest absolute Gasteiger partial charge is 0.260 e. The number of aromatic nitrogens is 1. The van der Waals surface area contributed by atoms with Crippen LogP contribution in [0.3, 0.4) is 0 Å².